The topological polar surface area (TPSA) is 59.2 Å². The minimum atomic E-state index is 0.0611. The highest BCUT2D eigenvalue weighted by atomic mass is 16.2. The second-order valence-corrected chi connectivity index (χ2v) is 5.50. The minimum absolute atomic E-state index is 0.0611. The van der Waals surface area contributed by atoms with Crippen LogP contribution in [0, 0.1) is 0 Å². The molecule has 0 atom stereocenters. The summed E-state index contributed by atoms with van der Waals surface area (Å²) in [6.45, 7) is 1.37. The van der Waals surface area contributed by atoms with E-state index in [1.807, 2.05) is 17.0 Å². The molecule has 0 saturated heterocycles. The fourth-order valence-electron chi connectivity index (χ4n) is 2.92. The van der Waals surface area contributed by atoms with E-state index in [9.17, 15) is 4.79 Å². The minimum Gasteiger partial charge on any atom is -0.334 e. The average molecular weight is 275 g/mol. The van der Waals surface area contributed by atoms with E-state index in [1.165, 1.54) is 25.7 Å². The molecule has 1 aliphatic rings. The number of nitrogens with two attached hydrogens (primary N) is 1. The molecule has 0 radical (unpaired) electrons. The highest BCUT2D eigenvalue weighted by Gasteiger charge is 2.25. The third-order valence-electron chi connectivity index (χ3n) is 4.01. The highest BCUT2D eigenvalue weighted by Crippen LogP contribution is 2.23. The molecule has 0 spiro atoms. The molecule has 1 saturated carbocycles. The van der Waals surface area contributed by atoms with Gasteiger partial charge in [0.1, 0.15) is 5.69 Å². The SMILES string of the molecule is NCCCN(C(=O)c1ccccn1)C1CCCCCC1. The Balaban J connectivity index is 2.11. The Hall–Kier alpha value is -1.42. The summed E-state index contributed by atoms with van der Waals surface area (Å²) in [5, 5.41) is 0. The Morgan fingerprint density at radius 2 is 2.00 bits per heavy atom. The Kier molecular flexibility index (Phi) is 5.99. The van der Waals surface area contributed by atoms with Crippen molar-refractivity contribution in [3.05, 3.63) is 30.1 Å². The van der Waals surface area contributed by atoms with E-state index in [1.54, 1.807) is 12.3 Å². The van der Waals surface area contributed by atoms with Gasteiger partial charge in [0.05, 0.1) is 0 Å². The van der Waals surface area contributed by atoms with E-state index in [2.05, 4.69) is 4.98 Å². The van der Waals surface area contributed by atoms with Crippen molar-refractivity contribution in [3.8, 4) is 0 Å². The summed E-state index contributed by atoms with van der Waals surface area (Å²) in [4.78, 5) is 18.9. The molecule has 20 heavy (non-hydrogen) atoms. The molecule has 1 aromatic heterocycles. The van der Waals surface area contributed by atoms with E-state index in [-0.39, 0.29) is 5.91 Å². The summed E-state index contributed by atoms with van der Waals surface area (Å²) >= 11 is 0. The second-order valence-electron chi connectivity index (χ2n) is 5.50. The van der Waals surface area contributed by atoms with Crippen LogP contribution in [0.4, 0.5) is 0 Å². The number of pyridine rings is 1. The standard InChI is InChI=1S/C16H25N3O/c17-11-7-13-19(14-8-3-1-2-4-9-14)16(20)15-10-5-6-12-18-15/h5-6,10,12,14H,1-4,7-9,11,13,17H2. The summed E-state index contributed by atoms with van der Waals surface area (Å²) < 4.78 is 0. The molecule has 1 amide bonds. The fourth-order valence-corrected chi connectivity index (χ4v) is 2.92. The van der Waals surface area contributed by atoms with Gasteiger partial charge in [-0.2, -0.15) is 0 Å². The Morgan fingerprint density at radius 3 is 2.60 bits per heavy atom. The fraction of sp³-hybridized carbons (Fsp3) is 0.625. The van der Waals surface area contributed by atoms with Gasteiger partial charge in [0.25, 0.3) is 5.91 Å². The maximum absolute atomic E-state index is 12.7. The quantitative estimate of drug-likeness (QED) is 0.840. The zero-order valence-electron chi connectivity index (χ0n) is 12.1. The predicted molar refractivity (Wildman–Crippen MR) is 80.4 cm³/mol. The molecule has 1 aliphatic carbocycles. The maximum atomic E-state index is 12.7. The van der Waals surface area contributed by atoms with Crippen molar-refractivity contribution in [3.63, 3.8) is 0 Å². The van der Waals surface area contributed by atoms with Crippen LogP contribution >= 0.6 is 0 Å². The summed E-state index contributed by atoms with van der Waals surface area (Å²) in [7, 11) is 0. The van der Waals surface area contributed by atoms with Crippen LogP contribution in [0.15, 0.2) is 24.4 Å². The largest absolute Gasteiger partial charge is 0.334 e. The predicted octanol–water partition coefficient (Wildman–Crippen LogP) is 2.60. The summed E-state index contributed by atoms with van der Waals surface area (Å²) in [6, 6.07) is 5.87. The van der Waals surface area contributed by atoms with E-state index < -0.39 is 0 Å². The number of hydrogen-bond donors (Lipinski definition) is 1. The zero-order valence-corrected chi connectivity index (χ0v) is 12.1. The monoisotopic (exact) mass is 275 g/mol. The van der Waals surface area contributed by atoms with Crippen molar-refractivity contribution >= 4 is 5.91 Å². The lowest BCUT2D eigenvalue weighted by molar-refractivity contribution is 0.0653. The van der Waals surface area contributed by atoms with Crippen LogP contribution in [0.5, 0.6) is 0 Å². The second kappa shape index (κ2) is 8.00. The van der Waals surface area contributed by atoms with Crippen LogP contribution in [-0.4, -0.2) is 34.9 Å². The van der Waals surface area contributed by atoms with Crippen molar-refractivity contribution in [2.75, 3.05) is 13.1 Å². The van der Waals surface area contributed by atoms with Crippen LogP contribution in [0.2, 0.25) is 0 Å². The number of carbonyl (C=O) groups excluding carboxylic acids is 1. The Bertz CT molecular complexity index is 399. The first-order valence-electron chi connectivity index (χ1n) is 7.75. The van der Waals surface area contributed by atoms with Crippen LogP contribution in [0.3, 0.4) is 0 Å². The zero-order chi connectivity index (χ0) is 14.2. The van der Waals surface area contributed by atoms with Gasteiger partial charge in [0.15, 0.2) is 0 Å². The number of aromatic nitrogens is 1. The molecule has 0 aliphatic heterocycles. The number of carbonyl (C=O) groups is 1. The highest BCUT2D eigenvalue weighted by molar-refractivity contribution is 5.92. The van der Waals surface area contributed by atoms with Crippen molar-refractivity contribution < 1.29 is 4.79 Å². The molecule has 0 aromatic carbocycles. The third-order valence-corrected chi connectivity index (χ3v) is 4.01. The molecule has 4 nitrogen and oxygen atoms in total. The molecule has 0 unspecified atom stereocenters. The van der Waals surface area contributed by atoms with E-state index in [4.69, 9.17) is 5.73 Å². The van der Waals surface area contributed by atoms with Crippen molar-refractivity contribution in [2.24, 2.45) is 5.73 Å². The van der Waals surface area contributed by atoms with Gasteiger partial charge in [-0.25, -0.2) is 0 Å². The van der Waals surface area contributed by atoms with E-state index in [0.29, 0.717) is 18.3 Å². The summed E-state index contributed by atoms with van der Waals surface area (Å²) in [5.41, 5.74) is 6.17. The molecular weight excluding hydrogens is 250 g/mol. The molecule has 0 bridgehead atoms. The van der Waals surface area contributed by atoms with Gasteiger partial charge in [-0.1, -0.05) is 31.7 Å². The first-order valence-corrected chi connectivity index (χ1v) is 7.75. The molecular formula is C16H25N3O. The summed E-state index contributed by atoms with van der Waals surface area (Å²) in [6.07, 6.45) is 9.79. The van der Waals surface area contributed by atoms with Crippen molar-refractivity contribution in [1.29, 1.82) is 0 Å². The molecule has 1 aromatic rings. The van der Waals surface area contributed by atoms with Crippen LogP contribution < -0.4 is 5.73 Å². The first-order chi connectivity index (χ1) is 9.83. The normalized spacial score (nSPS) is 16.6. The lowest BCUT2D eigenvalue weighted by Gasteiger charge is -2.31. The smallest absolute Gasteiger partial charge is 0.272 e. The van der Waals surface area contributed by atoms with Crippen molar-refractivity contribution in [1.82, 2.24) is 9.88 Å². The first kappa shape index (κ1) is 15.0. The van der Waals surface area contributed by atoms with Gasteiger partial charge in [-0.15, -0.1) is 0 Å². The number of rotatable bonds is 5. The van der Waals surface area contributed by atoms with E-state index >= 15 is 0 Å². The third kappa shape index (κ3) is 4.04. The van der Waals surface area contributed by atoms with Crippen molar-refractivity contribution in [2.45, 2.75) is 51.0 Å². The molecule has 110 valence electrons. The molecule has 2 rings (SSSR count). The number of nitrogens with zero attached hydrogens (tertiary/aromatic N) is 2. The Morgan fingerprint density at radius 1 is 1.25 bits per heavy atom. The summed E-state index contributed by atoms with van der Waals surface area (Å²) in [5.74, 6) is 0.0611. The molecule has 1 fully saturated rings. The van der Waals surface area contributed by atoms with Gasteiger partial charge >= 0.3 is 0 Å². The lowest BCUT2D eigenvalue weighted by atomic mass is 10.1. The van der Waals surface area contributed by atoms with Gasteiger partial charge in [-0.3, -0.25) is 9.78 Å². The number of hydrogen-bond acceptors (Lipinski definition) is 3. The van der Waals surface area contributed by atoms with Crippen LogP contribution in [0.25, 0.3) is 0 Å². The maximum Gasteiger partial charge on any atom is 0.272 e. The van der Waals surface area contributed by atoms with Gasteiger partial charge in [0, 0.05) is 18.8 Å². The van der Waals surface area contributed by atoms with Crippen LogP contribution in [0.1, 0.15) is 55.4 Å². The van der Waals surface area contributed by atoms with Crippen LogP contribution in [-0.2, 0) is 0 Å². The molecule has 4 heteroatoms. The van der Waals surface area contributed by atoms with Gasteiger partial charge in [0.2, 0.25) is 0 Å². The Labute approximate surface area is 121 Å². The van der Waals surface area contributed by atoms with Gasteiger partial charge in [-0.05, 0) is 37.9 Å². The number of amides is 1. The van der Waals surface area contributed by atoms with E-state index in [0.717, 1.165) is 25.8 Å². The molecule has 2 N–H and O–H groups in total. The average Bonchev–Trinajstić information content (AvgIpc) is 2.77. The molecule has 1 heterocycles. The van der Waals surface area contributed by atoms with Gasteiger partial charge < -0.3 is 10.6 Å². The lowest BCUT2D eigenvalue weighted by Crippen LogP contribution is -2.41.